The average Bonchev–Trinajstić information content (AvgIpc) is 2.82. The summed E-state index contributed by atoms with van der Waals surface area (Å²) >= 11 is 0. The quantitative estimate of drug-likeness (QED) is 0.828. The molecule has 2 rings (SSSR count). The number of nitrogens with two attached hydrogens (primary N) is 1. The highest BCUT2D eigenvalue weighted by Crippen LogP contribution is 2.27. The van der Waals surface area contributed by atoms with Crippen LogP contribution in [-0.4, -0.2) is 42.6 Å². The summed E-state index contributed by atoms with van der Waals surface area (Å²) in [5, 5.41) is 0. The summed E-state index contributed by atoms with van der Waals surface area (Å²) in [5.74, 6) is 0.333. The van der Waals surface area contributed by atoms with Gasteiger partial charge in [-0.2, -0.15) is 0 Å². The summed E-state index contributed by atoms with van der Waals surface area (Å²) in [7, 11) is 0. The standard InChI is InChI=1S/C14H26N2O2/c1-2-9-18-11-5-4-8-16(10-11)14(17)12-6-3-7-13(12)15/h11-13H,2-10,15H2,1H3. The van der Waals surface area contributed by atoms with Gasteiger partial charge >= 0.3 is 0 Å². The summed E-state index contributed by atoms with van der Waals surface area (Å²) in [6, 6.07) is 0.0782. The maximum absolute atomic E-state index is 12.4. The van der Waals surface area contributed by atoms with Gasteiger partial charge in [-0.3, -0.25) is 4.79 Å². The molecule has 1 aliphatic carbocycles. The molecule has 18 heavy (non-hydrogen) atoms. The molecule has 1 amide bonds. The second kappa shape index (κ2) is 6.53. The number of piperidine rings is 1. The molecule has 1 saturated carbocycles. The van der Waals surface area contributed by atoms with Crippen LogP contribution < -0.4 is 5.73 Å². The largest absolute Gasteiger partial charge is 0.376 e. The Balaban J connectivity index is 1.85. The lowest BCUT2D eigenvalue weighted by atomic mass is 10.00. The first kappa shape index (κ1) is 13.8. The molecule has 4 nitrogen and oxygen atoms in total. The van der Waals surface area contributed by atoms with E-state index in [1.807, 2.05) is 4.90 Å². The Morgan fingerprint density at radius 3 is 2.83 bits per heavy atom. The first-order chi connectivity index (χ1) is 8.72. The van der Waals surface area contributed by atoms with Crippen molar-refractivity contribution in [1.29, 1.82) is 0 Å². The normalized spacial score (nSPS) is 32.8. The molecule has 4 heteroatoms. The lowest BCUT2D eigenvalue weighted by molar-refractivity contribution is -0.139. The molecule has 0 radical (unpaired) electrons. The number of amides is 1. The Kier molecular flexibility index (Phi) is 5.01. The topological polar surface area (TPSA) is 55.6 Å². The third-order valence-corrected chi connectivity index (χ3v) is 4.13. The molecule has 1 heterocycles. The molecule has 0 aromatic heterocycles. The number of carbonyl (C=O) groups is 1. The predicted molar refractivity (Wildman–Crippen MR) is 71.2 cm³/mol. The molecule has 0 aromatic rings. The first-order valence-corrected chi connectivity index (χ1v) is 7.38. The van der Waals surface area contributed by atoms with Crippen LogP contribution in [0.5, 0.6) is 0 Å². The molecule has 3 atom stereocenters. The highest BCUT2D eigenvalue weighted by molar-refractivity contribution is 5.80. The van der Waals surface area contributed by atoms with Crippen LogP contribution in [0.4, 0.5) is 0 Å². The Bertz CT molecular complexity index is 283. The fraction of sp³-hybridized carbons (Fsp3) is 0.929. The second-order valence-electron chi connectivity index (χ2n) is 5.62. The van der Waals surface area contributed by atoms with Crippen molar-refractivity contribution < 1.29 is 9.53 Å². The molecule has 0 bridgehead atoms. The van der Waals surface area contributed by atoms with Crippen molar-refractivity contribution in [3.05, 3.63) is 0 Å². The molecule has 2 fully saturated rings. The summed E-state index contributed by atoms with van der Waals surface area (Å²) < 4.78 is 5.78. The second-order valence-corrected chi connectivity index (χ2v) is 5.62. The van der Waals surface area contributed by atoms with Crippen LogP contribution in [0.3, 0.4) is 0 Å². The molecule has 2 N–H and O–H groups in total. The SMILES string of the molecule is CCCOC1CCCN(C(=O)C2CCCC2N)C1. The summed E-state index contributed by atoms with van der Waals surface area (Å²) in [6.07, 6.45) is 6.49. The Morgan fingerprint density at radius 2 is 2.17 bits per heavy atom. The van der Waals surface area contributed by atoms with Crippen LogP contribution in [0.25, 0.3) is 0 Å². The van der Waals surface area contributed by atoms with Gasteiger partial charge < -0.3 is 15.4 Å². The van der Waals surface area contributed by atoms with Crippen molar-refractivity contribution in [3.63, 3.8) is 0 Å². The monoisotopic (exact) mass is 254 g/mol. The van der Waals surface area contributed by atoms with Gasteiger partial charge in [0, 0.05) is 25.7 Å². The average molecular weight is 254 g/mol. The number of nitrogens with zero attached hydrogens (tertiary/aromatic N) is 1. The van der Waals surface area contributed by atoms with E-state index in [9.17, 15) is 4.79 Å². The molecular formula is C14H26N2O2. The lowest BCUT2D eigenvalue weighted by Gasteiger charge is -2.35. The summed E-state index contributed by atoms with van der Waals surface area (Å²) in [6.45, 7) is 4.56. The van der Waals surface area contributed by atoms with Gasteiger partial charge in [0.1, 0.15) is 0 Å². The van der Waals surface area contributed by atoms with Gasteiger partial charge in [0.2, 0.25) is 5.91 Å². The minimum Gasteiger partial charge on any atom is -0.376 e. The number of ether oxygens (including phenoxy) is 1. The molecular weight excluding hydrogens is 228 g/mol. The van der Waals surface area contributed by atoms with E-state index in [0.29, 0.717) is 0 Å². The summed E-state index contributed by atoms with van der Waals surface area (Å²) in [4.78, 5) is 14.4. The van der Waals surface area contributed by atoms with E-state index < -0.39 is 0 Å². The van der Waals surface area contributed by atoms with Crippen LogP contribution in [0.15, 0.2) is 0 Å². The van der Waals surface area contributed by atoms with Crippen LogP contribution in [-0.2, 0) is 9.53 Å². The van der Waals surface area contributed by atoms with Crippen LogP contribution >= 0.6 is 0 Å². The van der Waals surface area contributed by atoms with Gasteiger partial charge in [-0.1, -0.05) is 13.3 Å². The number of rotatable bonds is 4. The molecule has 1 saturated heterocycles. The third kappa shape index (κ3) is 3.23. The van der Waals surface area contributed by atoms with Gasteiger partial charge in [-0.15, -0.1) is 0 Å². The van der Waals surface area contributed by atoms with Gasteiger partial charge in [0.25, 0.3) is 0 Å². The third-order valence-electron chi connectivity index (χ3n) is 4.13. The predicted octanol–water partition coefficient (Wildman–Crippen LogP) is 1.53. The van der Waals surface area contributed by atoms with E-state index in [4.69, 9.17) is 10.5 Å². The highest BCUT2D eigenvalue weighted by atomic mass is 16.5. The first-order valence-electron chi connectivity index (χ1n) is 7.38. The highest BCUT2D eigenvalue weighted by Gasteiger charge is 2.35. The van der Waals surface area contributed by atoms with E-state index in [1.54, 1.807) is 0 Å². The van der Waals surface area contributed by atoms with Gasteiger partial charge in [-0.05, 0) is 32.1 Å². The minimum absolute atomic E-state index is 0.0647. The fourth-order valence-corrected chi connectivity index (χ4v) is 3.09. The minimum atomic E-state index is 0.0647. The Labute approximate surface area is 110 Å². The Morgan fingerprint density at radius 1 is 1.33 bits per heavy atom. The zero-order valence-electron chi connectivity index (χ0n) is 11.4. The molecule has 3 unspecified atom stereocenters. The molecule has 1 aliphatic heterocycles. The van der Waals surface area contributed by atoms with Crippen LogP contribution in [0.1, 0.15) is 45.4 Å². The van der Waals surface area contributed by atoms with Gasteiger partial charge in [0.05, 0.1) is 12.0 Å². The number of likely N-dealkylation sites (tertiary alicyclic amines) is 1. The van der Waals surface area contributed by atoms with Crippen LogP contribution in [0, 0.1) is 5.92 Å². The van der Waals surface area contributed by atoms with Crippen molar-refractivity contribution in [1.82, 2.24) is 4.90 Å². The van der Waals surface area contributed by atoms with Gasteiger partial charge in [0.15, 0.2) is 0 Å². The van der Waals surface area contributed by atoms with E-state index in [2.05, 4.69) is 6.92 Å². The van der Waals surface area contributed by atoms with E-state index in [1.165, 1.54) is 0 Å². The van der Waals surface area contributed by atoms with Crippen molar-refractivity contribution >= 4 is 5.91 Å². The lowest BCUT2D eigenvalue weighted by Crippen LogP contribution is -2.48. The van der Waals surface area contributed by atoms with Crippen molar-refractivity contribution in [2.24, 2.45) is 11.7 Å². The summed E-state index contributed by atoms with van der Waals surface area (Å²) in [5.41, 5.74) is 6.02. The number of carbonyl (C=O) groups excluding carboxylic acids is 1. The number of hydrogen-bond donors (Lipinski definition) is 1. The van der Waals surface area contributed by atoms with Gasteiger partial charge in [-0.25, -0.2) is 0 Å². The maximum atomic E-state index is 12.4. The van der Waals surface area contributed by atoms with E-state index in [-0.39, 0.29) is 24.0 Å². The van der Waals surface area contributed by atoms with Crippen molar-refractivity contribution in [2.45, 2.75) is 57.6 Å². The van der Waals surface area contributed by atoms with Crippen molar-refractivity contribution in [3.8, 4) is 0 Å². The Hall–Kier alpha value is -0.610. The zero-order valence-corrected chi connectivity index (χ0v) is 11.4. The molecule has 0 spiro atoms. The van der Waals surface area contributed by atoms with E-state index in [0.717, 1.165) is 58.2 Å². The maximum Gasteiger partial charge on any atom is 0.227 e. The molecule has 0 aromatic carbocycles. The van der Waals surface area contributed by atoms with Crippen molar-refractivity contribution in [2.75, 3.05) is 19.7 Å². The molecule has 2 aliphatic rings. The fourth-order valence-electron chi connectivity index (χ4n) is 3.09. The smallest absolute Gasteiger partial charge is 0.227 e. The van der Waals surface area contributed by atoms with Crippen LogP contribution in [0.2, 0.25) is 0 Å². The number of hydrogen-bond acceptors (Lipinski definition) is 3. The van der Waals surface area contributed by atoms with E-state index >= 15 is 0 Å². The zero-order chi connectivity index (χ0) is 13.0. The molecule has 104 valence electrons.